The van der Waals surface area contributed by atoms with Gasteiger partial charge in [0.2, 0.25) is 0 Å². The Morgan fingerprint density at radius 1 is 1.50 bits per heavy atom. The molecule has 0 aliphatic carbocycles. The van der Waals surface area contributed by atoms with E-state index in [2.05, 4.69) is 6.92 Å². The summed E-state index contributed by atoms with van der Waals surface area (Å²) in [7, 11) is 0. The fourth-order valence-corrected chi connectivity index (χ4v) is 2.71. The van der Waals surface area contributed by atoms with E-state index in [1.165, 1.54) is 17.8 Å². The Bertz CT molecular complexity index is 471. The number of nitrogens with two attached hydrogens (primary N) is 1. The van der Waals surface area contributed by atoms with Crippen LogP contribution < -0.4 is 5.73 Å². The minimum absolute atomic E-state index is 0.0143. The molecule has 0 saturated carbocycles. The Labute approximate surface area is 128 Å². The summed E-state index contributed by atoms with van der Waals surface area (Å²) in [5, 5.41) is -0.175. The molecule has 1 unspecified atom stereocenters. The van der Waals surface area contributed by atoms with Gasteiger partial charge in [-0.15, -0.1) is 11.8 Å². The van der Waals surface area contributed by atoms with E-state index >= 15 is 0 Å². The normalized spacial score (nSPS) is 12.2. The predicted molar refractivity (Wildman–Crippen MR) is 81.6 cm³/mol. The molecule has 1 aromatic carbocycles. The van der Waals surface area contributed by atoms with Crippen LogP contribution in [-0.4, -0.2) is 17.8 Å². The first kappa shape index (κ1) is 17.1. The van der Waals surface area contributed by atoms with Crippen LogP contribution in [0, 0.1) is 5.82 Å². The quantitative estimate of drug-likeness (QED) is 0.353. The molecule has 0 heterocycles. The number of benzene rings is 1. The molecule has 0 saturated heterocycles. The average Bonchev–Trinajstić information content (AvgIpc) is 2.40. The molecule has 20 heavy (non-hydrogen) atoms. The highest BCUT2D eigenvalue weighted by molar-refractivity contribution is 8.00. The van der Waals surface area contributed by atoms with Gasteiger partial charge in [0.1, 0.15) is 11.1 Å². The molecule has 0 aliphatic heterocycles. The largest absolute Gasteiger partial charge is 0.465 e. The number of ether oxygens (including phenoxy) is 1. The van der Waals surface area contributed by atoms with Gasteiger partial charge in [0.05, 0.1) is 17.3 Å². The zero-order valence-electron chi connectivity index (χ0n) is 11.6. The molecule has 2 N–H and O–H groups in total. The fraction of sp³-hybridized carbons (Fsp3) is 0.500. The summed E-state index contributed by atoms with van der Waals surface area (Å²) in [5.74, 6) is -0.862. The van der Waals surface area contributed by atoms with Crippen molar-refractivity contribution in [2.24, 2.45) is 0 Å². The van der Waals surface area contributed by atoms with Gasteiger partial charge in [0.25, 0.3) is 0 Å². The van der Waals surface area contributed by atoms with Crippen molar-refractivity contribution in [1.29, 1.82) is 0 Å². The number of esters is 1. The number of halogens is 2. The lowest BCUT2D eigenvalue weighted by Crippen LogP contribution is -2.17. The van der Waals surface area contributed by atoms with Gasteiger partial charge in [-0.1, -0.05) is 31.4 Å². The van der Waals surface area contributed by atoms with E-state index in [-0.39, 0.29) is 16.7 Å². The molecule has 0 fully saturated rings. The molecule has 1 rings (SSSR count). The molecule has 112 valence electrons. The SMILES string of the molecule is CCCCCOC(=O)C(C)Sc1cc(N)c(F)cc1Cl. The monoisotopic (exact) mass is 319 g/mol. The van der Waals surface area contributed by atoms with Crippen LogP contribution in [-0.2, 0) is 9.53 Å². The van der Waals surface area contributed by atoms with Gasteiger partial charge >= 0.3 is 5.97 Å². The number of hydrogen-bond acceptors (Lipinski definition) is 4. The second-order valence-electron chi connectivity index (χ2n) is 4.44. The van der Waals surface area contributed by atoms with E-state index in [4.69, 9.17) is 22.1 Å². The Balaban J connectivity index is 2.55. The van der Waals surface area contributed by atoms with Crippen molar-refractivity contribution < 1.29 is 13.9 Å². The lowest BCUT2D eigenvalue weighted by atomic mass is 10.3. The third-order valence-corrected chi connectivity index (χ3v) is 4.24. The molecule has 1 atom stereocenters. The van der Waals surface area contributed by atoms with Gasteiger partial charge in [-0.3, -0.25) is 4.79 Å². The van der Waals surface area contributed by atoms with Crippen molar-refractivity contribution in [2.75, 3.05) is 12.3 Å². The topological polar surface area (TPSA) is 52.3 Å². The minimum atomic E-state index is -0.561. The Morgan fingerprint density at radius 2 is 2.20 bits per heavy atom. The Morgan fingerprint density at radius 3 is 2.85 bits per heavy atom. The van der Waals surface area contributed by atoms with Gasteiger partial charge in [-0.05, 0) is 25.5 Å². The van der Waals surface area contributed by atoms with Gasteiger partial charge in [0.15, 0.2) is 0 Å². The molecule has 0 amide bonds. The van der Waals surface area contributed by atoms with E-state index in [0.29, 0.717) is 11.5 Å². The molecule has 0 bridgehead atoms. The highest BCUT2D eigenvalue weighted by Gasteiger charge is 2.18. The average molecular weight is 320 g/mol. The first-order valence-corrected chi connectivity index (χ1v) is 7.79. The molecular formula is C14H19ClFNO2S. The summed E-state index contributed by atoms with van der Waals surface area (Å²) in [5.41, 5.74) is 5.51. The van der Waals surface area contributed by atoms with Crippen molar-refractivity contribution in [1.82, 2.24) is 0 Å². The summed E-state index contributed by atoms with van der Waals surface area (Å²) >= 11 is 7.14. The van der Waals surface area contributed by atoms with Crippen LogP contribution in [0.4, 0.5) is 10.1 Å². The molecule has 1 aromatic rings. The highest BCUT2D eigenvalue weighted by atomic mass is 35.5. The minimum Gasteiger partial charge on any atom is -0.465 e. The third kappa shape index (κ3) is 5.21. The van der Waals surface area contributed by atoms with E-state index < -0.39 is 11.1 Å². The molecule has 3 nitrogen and oxygen atoms in total. The zero-order valence-corrected chi connectivity index (χ0v) is 13.2. The summed E-state index contributed by atoms with van der Waals surface area (Å²) in [6, 6.07) is 2.59. The summed E-state index contributed by atoms with van der Waals surface area (Å²) in [6.07, 6.45) is 2.98. The van der Waals surface area contributed by atoms with Crippen molar-refractivity contribution in [3.63, 3.8) is 0 Å². The van der Waals surface area contributed by atoms with Crippen molar-refractivity contribution in [2.45, 2.75) is 43.3 Å². The first-order chi connectivity index (χ1) is 9.45. The number of unbranched alkanes of at least 4 members (excludes halogenated alkanes) is 2. The maximum absolute atomic E-state index is 13.2. The predicted octanol–water partition coefficient (Wildman–Crippen LogP) is 4.28. The Kier molecular flexibility index (Phi) is 7.16. The van der Waals surface area contributed by atoms with Gasteiger partial charge in [0, 0.05) is 4.90 Å². The number of rotatable bonds is 7. The second-order valence-corrected chi connectivity index (χ2v) is 6.23. The van der Waals surface area contributed by atoms with Crippen LogP contribution >= 0.6 is 23.4 Å². The van der Waals surface area contributed by atoms with Crippen molar-refractivity contribution >= 4 is 35.0 Å². The van der Waals surface area contributed by atoms with Gasteiger partial charge < -0.3 is 10.5 Å². The van der Waals surface area contributed by atoms with Crippen LogP contribution in [0.1, 0.15) is 33.1 Å². The maximum atomic E-state index is 13.2. The lowest BCUT2D eigenvalue weighted by molar-refractivity contribution is -0.142. The maximum Gasteiger partial charge on any atom is 0.319 e. The third-order valence-electron chi connectivity index (χ3n) is 2.68. The molecule has 0 aliphatic rings. The first-order valence-electron chi connectivity index (χ1n) is 6.53. The molecule has 0 aromatic heterocycles. The van der Waals surface area contributed by atoms with Crippen molar-refractivity contribution in [3.05, 3.63) is 23.0 Å². The van der Waals surface area contributed by atoms with Crippen LogP contribution in [0.15, 0.2) is 17.0 Å². The molecule has 0 spiro atoms. The fourth-order valence-electron chi connectivity index (χ4n) is 1.52. The molecular weight excluding hydrogens is 301 g/mol. The van der Waals surface area contributed by atoms with E-state index in [1.54, 1.807) is 6.92 Å². The van der Waals surface area contributed by atoms with Gasteiger partial charge in [-0.2, -0.15) is 0 Å². The second kappa shape index (κ2) is 8.37. The molecule has 6 heteroatoms. The lowest BCUT2D eigenvalue weighted by Gasteiger charge is -2.12. The molecule has 0 radical (unpaired) electrons. The zero-order chi connectivity index (χ0) is 15.1. The number of thioether (sulfide) groups is 1. The van der Waals surface area contributed by atoms with E-state index in [9.17, 15) is 9.18 Å². The number of nitrogen functional groups attached to an aromatic ring is 1. The summed E-state index contributed by atoms with van der Waals surface area (Å²) < 4.78 is 18.3. The number of carbonyl (C=O) groups is 1. The van der Waals surface area contributed by atoms with Gasteiger partial charge in [-0.25, -0.2) is 4.39 Å². The van der Waals surface area contributed by atoms with Crippen LogP contribution in [0.25, 0.3) is 0 Å². The smallest absolute Gasteiger partial charge is 0.319 e. The van der Waals surface area contributed by atoms with Crippen LogP contribution in [0.2, 0.25) is 5.02 Å². The van der Waals surface area contributed by atoms with E-state index in [1.807, 2.05) is 0 Å². The number of carbonyl (C=O) groups excluding carboxylic acids is 1. The van der Waals surface area contributed by atoms with Crippen molar-refractivity contribution in [3.8, 4) is 0 Å². The standard InChI is InChI=1S/C14H19ClFNO2S/c1-3-4-5-6-19-14(18)9(2)20-13-8-12(17)11(16)7-10(13)15/h7-9H,3-6,17H2,1-2H3. The Hall–Kier alpha value is -0.940. The van der Waals surface area contributed by atoms with Crippen LogP contribution in [0.5, 0.6) is 0 Å². The number of anilines is 1. The summed E-state index contributed by atoms with van der Waals surface area (Å²) in [6.45, 7) is 4.24. The van der Waals surface area contributed by atoms with E-state index in [0.717, 1.165) is 25.3 Å². The number of hydrogen-bond donors (Lipinski definition) is 1. The van der Waals surface area contributed by atoms with Crippen LogP contribution in [0.3, 0.4) is 0 Å². The highest BCUT2D eigenvalue weighted by Crippen LogP contribution is 2.33. The summed E-state index contributed by atoms with van der Waals surface area (Å²) in [4.78, 5) is 12.4.